The number of nitrogens with zero attached hydrogens (tertiary/aromatic N) is 3. The summed E-state index contributed by atoms with van der Waals surface area (Å²) in [6.45, 7) is 1.44. The van der Waals surface area contributed by atoms with Crippen LogP contribution in [0.2, 0.25) is 0 Å². The minimum atomic E-state index is -0.364. The SMILES string of the molecule is CNC(C(=O)N1CCC(Cc2ccccc2F)CC1)c1cnn(C)c1. The zero-order chi connectivity index (χ0) is 17.8. The van der Waals surface area contributed by atoms with Crippen molar-refractivity contribution in [2.45, 2.75) is 25.3 Å². The first kappa shape index (κ1) is 17.6. The zero-order valence-corrected chi connectivity index (χ0v) is 14.8. The molecule has 2 heterocycles. The van der Waals surface area contributed by atoms with Gasteiger partial charge in [-0.15, -0.1) is 0 Å². The molecule has 0 saturated carbocycles. The van der Waals surface area contributed by atoms with Gasteiger partial charge in [0, 0.05) is 31.9 Å². The number of likely N-dealkylation sites (tertiary alicyclic amines) is 1. The van der Waals surface area contributed by atoms with Gasteiger partial charge in [-0.3, -0.25) is 9.48 Å². The average molecular weight is 344 g/mol. The first-order valence-corrected chi connectivity index (χ1v) is 8.76. The van der Waals surface area contributed by atoms with Crippen molar-refractivity contribution >= 4 is 5.91 Å². The monoisotopic (exact) mass is 344 g/mol. The van der Waals surface area contributed by atoms with E-state index >= 15 is 0 Å². The maximum atomic E-state index is 13.8. The summed E-state index contributed by atoms with van der Waals surface area (Å²) in [5, 5.41) is 7.24. The van der Waals surface area contributed by atoms with Gasteiger partial charge in [-0.05, 0) is 43.9 Å². The lowest BCUT2D eigenvalue weighted by atomic mass is 9.89. The number of aromatic nitrogens is 2. The highest BCUT2D eigenvalue weighted by Gasteiger charge is 2.29. The third-order valence-corrected chi connectivity index (χ3v) is 4.99. The molecule has 0 bridgehead atoms. The van der Waals surface area contributed by atoms with Crippen LogP contribution in [-0.4, -0.2) is 40.7 Å². The number of benzene rings is 1. The number of piperidine rings is 1. The first-order valence-electron chi connectivity index (χ1n) is 8.76. The van der Waals surface area contributed by atoms with Gasteiger partial charge in [0.25, 0.3) is 0 Å². The van der Waals surface area contributed by atoms with Crippen molar-refractivity contribution in [1.29, 1.82) is 0 Å². The summed E-state index contributed by atoms with van der Waals surface area (Å²) in [5.41, 5.74) is 1.65. The summed E-state index contributed by atoms with van der Waals surface area (Å²) in [6, 6.07) is 6.60. The minimum absolute atomic E-state index is 0.0832. The highest BCUT2D eigenvalue weighted by molar-refractivity contribution is 5.83. The fraction of sp³-hybridized carbons (Fsp3) is 0.474. The molecule has 134 valence electrons. The Morgan fingerprint density at radius 2 is 2.08 bits per heavy atom. The van der Waals surface area contributed by atoms with Crippen molar-refractivity contribution in [1.82, 2.24) is 20.0 Å². The Labute approximate surface area is 147 Å². The maximum Gasteiger partial charge on any atom is 0.244 e. The van der Waals surface area contributed by atoms with E-state index in [-0.39, 0.29) is 17.8 Å². The molecule has 6 heteroatoms. The van der Waals surface area contributed by atoms with Crippen LogP contribution >= 0.6 is 0 Å². The second-order valence-electron chi connectivity index (χ2n) is 6.73. The number of carbonyl (C=O) groups excluding carboxylic acids is 1. The van der Waals surface area contributed by atoms with Crippen molar-refractivity contribution in [3.8, 4) is 0 Å². The second-order valence-corrected chi connectivity index (χ2v) is 6.73. The summed E-state index contributed by atoms with van der Waals surface area (Å²) in [4.78, 5) is 14.7. The van der Waals surface area contributed by atoms with Crippen molar-refractivity contribution in [2.24, 2.45) is 13.0 Å². The molecule has 1 aromatic carbocycles. The van der Waals surface area contributed by atoms with Gasteiger partial charge in [0.2, 0.25) is 5.91 Å². The summed E-state index contributed by atoms with van der Waals surface area (Å²) in [7, 11) is 3.63. The summed E-state index contributed by atoms with van der Waals surface area (Å²) < 4.78 is 15.5. The molecule has 1 N–H and O–H groups in total. The lowest BCUT2D eigenvalue weighted by molar-refractivity contribution is -0.134. The third-order valence-electron chi connectivity index (χ3n) is 4.99. The van der Waals surface area contributed by atoms with Gasteiger partial charge < -0.3 is 10.2 Å². The smallest absolute Gasteiger partial charge is 0.244 e. The molecule has 1 atom stereocenters. The van der Waals surface area contributed by atoms with Crippen LogP contribution in [0.1, 0.15) is 30.0 Å². The van der Waals surface area contributed by atoms with Crippen LogP contribution < -0.4 is 5.32 Å². The van der Waals surface area contributed by atoms with Crippen LogP contribution in [0.4, 0.5) is 4.39 Å². The van der Waals surface area contributed by atoms with Crippen molar-refractivity contribution < 1.29 is 9.18 Å². The number of hydrogen-bond acceptors (Lipinski definition) is 3. The highest BCUT2D eigenvalue weighted by atomic mass is 19.1. The van der Waals surface area contributed by atoms with E-state index in [9.17, 15) is 9.18 Å². The predicted octanol–water partition coefficient (Wildman–Crippen LogP) is 2.30. The van der Waals surface area contributed by atoms with E-state index in [0.29, 0.717) is 5.92 Å². The van der Waals surface area contributed by atoms with Crippen LogP contribution in [0.15, 0.2) is 36.7 Å². The van der Waals surface area contributed by atoms with Crippen molar-refractivity contribution in [3.63, 3.8) is 0 Å². The molecule has 1 aliphatic heterocycles. The molecule has 2 aromatic rings. The number of amides is 1. The van der Waals surface area contributed by atoms with E-state index in [1.54, 1.807) is 24.0 Å². The van der Waals surface area contributed by atoms with Gasteiger partial charge in [-0.1, -0.05) is 18.2 Å². The molecule has 1 aromatic heterocycles. The number of rotatable bonds is 5. The standard InChI is InChI=1S/C19H25FN4O/c1-21-18(16-12-22-23(2)13-16)19(25)24-9-7-14(8-10-24)11-15-5-3-4-6-17(15)20/h3-6,12-14,18,21H,7-11H2,1-2H3. The van der Waals surface area contributed by atoms with Crippen molar-refractivity contribution in [2.75, 3.05) is 20.1 Å². The van der Waals surface area contributed by atoms with Crippen LogP contribution in [0.5, 0.6) is 0 Å². The van der Waals surface area contributed by atoms with E-state index in [1.165, 1.54) is 6.07 Å². The van der Waals surface area contributed by atoms with E-state index in [1.807, 2.05) is 30.3 Å². The lowest BCUT2D eigenvalue weighted by Crippen LogP contribution is -2.44. The van der Waals surface area contributed by atoms with Gasteiger partial charge >= 0.3 is 0 Å². The Balaban J connectivity index is 1.58. The number of likely N-dealkylation sites (N-methyl/N-ethyl adjacent to an activating group) is 1. The Morgan fingerprint density at radius 3 is 2.68 bits per heavy atom. The third kappa shape index (κ3) is 4.07. The van der Waals surface area contributed by atoms with Gasteiger partial charge in [-0.2, -0.15) is 5.10 Å². The van der Waals surface area contributed by atoms with Gasteiger partial charge in [-0.25, -0.2) is 4.39 Å². The maximum absolute atomic E-state index is 13.8. The van der Waals surface area contributed by atoms with Gasteiger partial charge in [0.15, 0.2) is 0 Å². The minimum Gasteiger partial charge on any atom is -0.341 e. The summed E-state index contributed by atoms with van der Waals surface area (Å²) in [5.74, 6) is 0.375. The Hall–Kier alpha value is -2.21. The quantitative estimate of drug-likeness (QED) is 0.905. The molecule has 1 fully saturated rings. The molecule has 0 radical (unpaired) electrons. The number of aryl methyl sites for hydroxylation is 1. The summed E-state index contributed by atoms with van der Waals surface area (Å²) in [6.07, 6.45) is 6.15. The first-order chi connectivity index (χ1) is 12.1. The molecule has 3 rings (SSSR count). The molecule has 25 heavy (non-hydrogen) atoms. The van der Waals surface area contributed by atoms with Crippen LogP contribution in [0.25, 0.3) is 0 Å². The number of nitrogens with one attached hydrogen (secondary N) is 1. The van der Waals surface area contributed by atoms with E-state index in [0.717, 1.165) is 43.5 Å². The average Bonchev–Trinajstić information content (AvgIpc) is 3.04. The molecule has 0 spiro atoms. The molecular formula is C19H25FN4O. The van der Waals surface area contributed by atoms with E-state index in [2.05, 4.69) is 10.4 Å². The number of hydrogen-bond donors (Lipinski definition) is 1. The number of halogens is 1. The fourth-order valence-electron chi connectivity index (χ4n) is 3.54. The zero-order valence-electron chi connectivity index (χ0n) is 14.8. The Kier molecular flexibility index (Phi) is 5.48. The molecule has 0 aliphatic carbocycles. The predicted molar refractivity (Wildman–Crippen MR) is 94.4 cm³/mol. The molecule has 5 nitrogen and oxygen atoms in total. The second kappa shape index (κ2) is 7.78. The number of carbonyl (C=O) groups is 1. The molecule has 1 aliphatic rings. The van der Waals surface area contributed by atoms with Crippen LogP contribution in [-0.2, 0) is 18.3 Å². The van der Waals surface area contributed by atoms with Gasteiger partial charge in [0.1, 0.15) is 11.9 Å². The van der Waals surface area contributed by atoms with E-state index in [4.69, 9.17) is 0 Å². The van der Waals surface area contributed by atoms with Crippen LogP contribution in [0.3, 0.4) is 0 Å². The molecule has 1 amide bonds. The fourth-order valence-corrected chi connectivity index (χ4v) is 3.54. The Morgan fingerprint density at radius 1 is 1.36 bits per heavy atom. The van der Waals surface area contributed by atoms with Crippen LogP contribution in [0, 0.1) is 11.7 Å². The normalized spacial score (nSPS) is 16.8. The molecule has 1 saturated heterocycles. The summed E-state index contributed by atoms with van der Waals surface area (Å²) >= 11 is 0. The van der Waals surface area contributed by atoms with E-state index < -0.39 is 0 Å². The Bertz CT molecular complexity index is 722. The lowest BCUT2D eigenvalue weighted by Gasteiger charge is -2.34. The molecule has 1 unspecified atom stereocenters. The molecular weight excluding hydrogens is 319 g/mol. The highest BCUT2D eigenvalue weighted by Crippen LogP contribution is 2.25. The topological polar surface area (TPSA) is 50.2 Å². The van der Waals surface area contributed by atoms with Gasteiger partial charge in [0.05, 0.1) is 6.20 Å². The largest absolute Gasteiger partial charge is 0.341 e. The van der Waals surface area contributed by atoms with Crippen molar-refractivity contribution in [3.05, 3.63) is 53.6 Å².